The van der Waals surface area contributed by atoms with Crippen LogP contribution in [-0.4, -0.2) is 11.1 Å². The largest absolute Gasteiger partial charge is 0.274 e. The normalized spacial score (nSPS) is 18.7. The van der Waals surface area contributed by atoms with Gasteiger partial charge in [-0.15, -0.1) is 0 Å². The van der Waals surface area contributed by atoms with Crippen LogP contribution in [0.25, 0.3) is 0 Å². The molecule has 0 N–H and O–H groups in total. The molecular formula is C22H17FN2OS. The summed E-state index contributed by atoms with van der Waals surface area (Å²) in [4.78, 5) is 19.4. The number of amides is 1. The zero-order valence-electron chi connectivity index (χ0n) is 14.5. The number of carbonyl (C=O) groups excluding carboxylic acids is 1. The maximum Gasteiger partial charge on any atom is 0.234 e. The smallest absolute Gasteiger partial charge is 0.234 e. The molecule has 1 aliphatic rings. The van der Waals surface area contributed by atoms with E-state index in [1.54, 1.807) is 11.0 Å². The molecule has 1 atom stereocenters. The number of amidine groups is 1. The highest BCUT2D eigenvalue weighted by atomic mass is 32.2. The summed E-state index contributed by atoms with van der Waals surface area (Å²) in [7, 11) is 0. The van der Waals surface area contributed by atoms with E-state index in [9.17, 15) is 9.18 Å². The van der Waals surface area contributed by atoms with Crippen molar-refractivity contribution in [2.75, 3.05) is 4.90 Å². The zero-order valence-corrected chi connectivity index (χ0v) is 15.3. The summed E-state index contributed by atoms with van der Waals surface area (Å²) in [5, 5.41) is 0.425. The Kier molecular flexibility index (Phi) is 5.03. The Hall–Kier alpha value is -2.92. The predicted molar refractivity (Wildman–Crippen MR) is 109 cm³/mol. The SMILES string of the molecule is O=C1C[C@@H](c2cccc(F)c2)SC(=Nc2ccccc2)N1c1ccccc1. The maximum atomic E-state index is 13.7. The molecule has 1 aliphatic heterocycles. The fraction of sp³-hybridized carbons (Fsp3) is 0.0909. The van der Waals surface area contributed by atoms with Crippen molar-refractivity contribution in [3.05, 3.63) is 96.3 Å². The van der Waals surface area contributed by atoms with E-state index < -0.39 is 0 Å². The molecule has 0 radical (unpaired) electrons. The van der Waals surface area contributed by atoms with Crippen LogP contribution in [0.4, 0.5) is 15.8 Å². The minimum absolute atomic E-state index is 0.0520. The van der Waals surface area contributed by atoms with E-state index in [1.165, 1.54) is 23.9 Å². The number of anilines is 1. The van der Waals surface area contributed by atoms with Gasteiger partial charge in [-0.3, -0.25) is 9.69 Å². The molecule has 0 bridgehead atoms. The van der Waals surface area contributed by atoms with Crippen LogP contribution in [0, 0.1) is 5.82 Å². The number of halogens is 1. The fourth-order valence-corrected chi connectivity index (χ4v) is 4.23. The van der Waals surface area contributed by atoms with Gasteiger partial charge in [0, 0.05) is 11.7 Å². The van der Waals surface area contributed by atoms with E-state index in [4.69, 9.17) is 4.99 Å². The highest BCUT2D eigenvalue weighted by Crippen LogP contribution is 2.41. The monoisotopic (exact) mass is 376 g/mol. The summed E-state index contributed by atoms with van der Waals surface area (Å²) < 4.78 is 13.7. The average Bonchev–Trinajstić information content (AvgIpc) is 2.69. The van der Waals surface area contributed by atoms with Crippen LogP contribution >= 0.6 is 11.8 Å². The van der Waals surface area contributed by atoms with E-state index in [0.29, 0.717) is 5.17 Å². The lowest BCUT2D eigenvalue weighted by Crippen LogP contribution is -2.40. The topological polar surface area (TPSA) is 32.7 Å². The lowest BCUT2D eigenvalue weighted by Gasteiger charge is -2.32. The highest BCUT2D eigenvalue weighted by molar-refractivity contribution is 8.14. The van der Waals surface area contributed by atoms with Gasteiger partial charge in [-0.05, 0) is 42.0 Å². The lowest BCUT2D eigenvalue weighted by atomic mass is 10.1. The molecular weight excluding hydrogens is 359 g/mol. The van der Waals surface area contributed by atoms with Gasteiger partial charge in [-0.2, -0.15) is 0 Å². The minimum atomic E-state index is -0.299. The second kappa shape index (κ2) is 7.76. The van der Waals surface area contributed by atoms with Crippen LogP contribution in [0.15, 0.2) is 89.9 Å². The van der Waals surface area contributed by atoms with Gasteiger partial charge in [-0.1, -0.05) is 60.3 Å². The molecule has 0 aliphatic carbocycles. The molecule has 134 valence electrons. The van der Waals surface area contributed by atoms with Gasteiger partial charge in [0.25, 0.3) is 0 Å². The van der Waals surface area contributed by atoms with E-state index in [-0.39, 0.29) is 23.4 Å². The predicted octanol–water partition coefficient (Wildman–Crippen LogP) is 5.72. The summed E-state index contributed by atoms with van der Waals surface area (Å²) in [5.74, 6) is -0.350. The summed E-state index contributed by atoms with van der Waals surface area (Å²) in [6.45, 7) is 0. The van der Waals surface area contributed by atoms with Crippen LogP contribution < -0.4 is 4.90 Å². The first-order valence-corrected chi connectivity index (χ1v) is 9.52. The minimum Gasteiger partial charge on any atom is -0.274 e. The Balaban J connectivity index is 1.75. The van der Waals surface area contributed by atoms with Gasteiger partial charge in [0.05, 0.1) is 11.4 Å². The van der Waals surface area contributed by atoms with E-state index in [2.05, 4.69) is 0 Å². The molecule has 0 spiro atoms. The molecule has 3 aromatic carbocycles. The Morgan fingerprint density at radius 1 is 0.926 bits per heavy atom. The third-order valence-corrected chi connectivity index (χ3v) is 5.47. The van der Waals surface area contributed by atoms with Crippen molar-refractivity contribution in [1.29, 1.82) is 0 Å². The van der Waals surface area contributed by atoms with Crippen LogP contribution in [0.2, 0.25) is 0 Å². The number of aliphatic imine (C=N–C) groups is 1. The van der Waals surface area contributed by atoms with Crippen molar-refractivity contribution in [2.45, 2.75) is 11.7 Å². The Morgan fingerprint density at radius 3 is 2.33 bits per heavy atom. The summed E-state index contributed by atoms with van der Waals surface area (Å²) >= 11 is 1.48. The molecule has 0 saturated carbocycles. The number of para-hydroxylation sites is 2. The number of carbonyl (C=O) groups is 1. The maximum absolute atomic E-state index is 13.7. The van der Waals surface area contributed by atoms with Gasteiger partial charge >= 0.3 is 0 Å². The van der Waals surface area contributed by atoms with Crippen LogP contribution in [-0.2, 0) is 4.79 Å². The first-order chi connectivity index (χ1) is 13.2. The van der Waals surface area contributed by atoms with Gasteiger partial charge in [0.1, 0.15) is 5.82 Å². The molecule has 0 unspecified atom stereocenters. The second-order valence-corrected chi connectivity index (χ2v) is 7.33. The van der Waals surface area contributed by atoms with Crippen LogP contribution in [0.3, 0.4) is 0 Å². The number of hydrogen-bond donors (Lipinski definition) is 0. The first-order valence-electron chi connectivity index (χ1n) is 8.64. The van der Waals surface area contributed by atoms with E-state index >= 15 is 0 Å². The Morgan fingerprint density at radius 2 is 1.63 bits per heavy atom. The third kappa shape index (κ3) is 3.93. The number of hydrogen-bond acceptors (Lipinski definition) is 3. The summed E-state index contributed by atoms with van der Waals surface area (Å²) in [6, 6.07) is 25.4. The van der Waals surface area contributed by atoms with E-state index in [0.717, 1.165) is 16.9 Å². The molecule has 1 saturated heterocycles. The molecule has 27 heavy (non-hydrogen) atoms. The molecule has 0 aromatic heterocycles. The lowest BCUT2D eigenvalue weighted by molar-refractivity contribution is -0.117. The molecule has 1 heterocycles. The zero-order chi connectivity index (χ0) is 18.6. The van der Waals surface area contributed by atoms with Crippen molar-refractivity contribution < 1.29 is 9.18 Å². The Bertz CT molecular complexity index is 976. The highest BCUT2D eigenvalue weighted by Gasteiger charge is 2.34. The molecule has 3 aromatic rings. The van der Waals surface area contributed by atoms with Gasteiger partial charge in [0.15, 0.2) is 5.17 Å². The molecule has 1 fully saturated rings. The standard InChI is InChI=1S/C22H17FN2OS/c23-17-9-7-8-16(14-17)20-15-21(26)25(19-12-5-2-6-13-19)22(27-20)24-18-10-3-1-4-11-18/h1-14,20H,15H2/t20-/m0/s1. The third-order valence-electron chi connectivity index (χ3n) is 4.26. The van der Waals surface area contributed by atoms with E-state index in [1.807, 2.05) is 66.7 Å². The number of benzene rings is 3. The quantitative estimate of drug-likeness (QED) is 0.585. The van der Waals surface area contributed by atoms with Crippen molar-refractivity contribution >= 4 is 34.2 Å². The molecule has 4 rings (SSSR count). The first kappa shape index (κ1) is 17.5. The van der Waals surface area contributed by atoms with Crippen molar-refractivity contribution in [1.82, 2.24) is 0 Å². The average molecular weight is 376 g/mol. The van der Waals surface area contributed by atoms with Gasteiger partial charge < -0.3 is 0 Å². The van der Waals surface area contributed by atoms with Crippen molar-refractivity contribution in [3.8, 4) is 0 Å². The fourth-order valence-electron chi connectivity index (χ4n) is 2.99. The molecule has 1 amide bonds. The molecule has 3 nitrogen and oxygen atoms in total. The second-order valence-electron chi connectivity index (χ2n) is 6.16. The summed E-state index contributed by atoms with van der Waals surface area (Å²) in [6.07, 6.45) is 0.289. The van der Waals surface area contributed by atoms with Crippen molar-refractivity contribution in [3.63, 3.8) is 0 Å². The molecule has 5 heteroatoms. The number of thioether (sulfide) groups is 1. The number of nitrogens with zero attached hydrogens (tertiary/aromatic N) is 2. The Labute approximate surface area is 161 Å². The number of rotatable bonds is 3. The van der Waals surface area contributed by atoms with Gasteiger partial charge in [0.2, 0.25) is 5.91 Å². The van der Waals surface area contributed by atoms with Crippen molar-refractivity contribution in [2.24, 2.45) is 4.99 Å². The summed E-state index contributed by atoms with van der Waals surface area (Å²) in [5.41, 5.74) is 2.35. The van der Waals surface area contributed by atoms with Crippen LogP contribution in [0.5, 0.6) is 0 Å². The van der Waals surface area contributed by atoms with Crippen LogP contribution in [0.1, 0.15) is 17.2 Å². The van der Waals surface area contributed by atoms with Gasteiger partial charge in [-0.25, -0.2) is 9.38 Å².